The maximum absolute atomic E-state index is 13.3. The molecular formula is C14H12ClF2N. The third-order valence-electron chi connectivity index (χ3n) is 2.59. The number of benzene rings is 2. The van der Waals surface area contributed by atoms with E-state index in [1.807, 2.05) is 0 Å². The van der Waals surface area contributed by atoms with Crippen molar-refractivity contribution in [2.45, 2.75) is 13.1 Å². The summed E-state index contributed by atoms with van der Waals surface area (Å²) in [7, 11) is 0. The average Bonchev–Trinajstić information content (AvgIpc) is 2.36. The molecule has 4 heteroatoms. The Hall–Kier alpha value is -1.45. The van der Waals surface area contributed by atoms with Gasteiger partial charge in [0.05, 0.1) is 5.02 Å². The van der Waals surface area contributed by atoms with E-state index in [-0.39, 0.29) is 10.8 Å². The molecule has 0 aliphatic rings. The van der Waals surface area contributed by atoms with Gasteiger partial charge in [-0.3, -0.25) is 0 Å². The Morgan fingerprint density at radius 2 is 1.72 bits per heavy atom. The van der Waals surface area contributed by atoms with Crippen molar-refractivity contribution in [1.29, 1.82) is 0 Å². The van der Waals surface area contributed by atoms with E-state index in [1.54, 1.807) is 24.3 Å². The topological polar surface area (TPSA) is 12.0 Å². The maximum Gasteiger partial charge on any atom is 0.142 e. The van der Waals surface area contributed by atoms with Crippen LogP contribution in [0.3, 0.4) is 0 Å². The third kappa shape index (κ3) is 3.28. The quantitative estimate of drug-likeness (QED) is 0.886. The molecule has 0 unspecified atom stereocenters. The van der Waals surface area contributed by atoms with Crippen LogP contribution in [0.5, 0.6) is 0 Å². The standard InChI is InChI=1S/C14H12ClF2N/c15-12-6-5-10(7-14(12)17)8-18-9-11-3-1-2-4-13(11)16/h1-7,18H,8-9H2. The molecule has 94 valence electrons. The summed E-state index contributed by atoms with van der Waals surface area (Å²) in [5.41, 5.74) is 1.36. The van der Waals surface area contributed by atoms with Crippen LogP contribution < -0.4 is 5.32 Å². The third-order valence-corrected chi connectivity index (χ3v) is 2.89. The number of hydrogen-bond acceptors (Lipinski definition) is 1. The lowest BCUT2D eigenvalue weighted by Gasteiger charge is -2.06. The molecule has 2 rings (SSSR count). The van der Waals surface area contributed by atoms with Gasteiger partial charge in [-0.25, -0.2) is 8.78 Å². The highest BCUT2D eigenvalue weighted by Crippen LogP contribution is 2.15. The first-order chi connectivity index (χ1) is 8.66. The van der Waals surface area contributed by atoms with Gasteiger partial charge in [0.2, 0.25) is 0 Å². The first-order valence-corrected chi connectivity index (χ1v) is 5.92. The largest absolute Gasteiger partial charge is 0.309 e. The van der Waals surface area contributed by atoms with Crippen LogP contribution >= 0.6 is 11.6 Å². The smallest absolute Gasteiger partial charge is 0.142 e. The lowest BCUT2D eigenvalue weighted by Crippen LogP contribution is -2.13. The van der Waals surface area contributed by atoms with Crippen LogP contribution in [0.4, 0.5) is 8.78 Å². The molecule has 0 heterocycles. The first kappa shape index (κ1) is 13.0. The van der Waals surface area contributed by atoms with Crippen LogP contribution in [0.1, 0.15) is 11.1 Å². The molecule has 0 bridgehead atoms. The lowest BCUT2D eigenvalue weighted by atomic mass is 10.2. The second-order valence-corrected chi connectivity index (χ2v) is 4.35. The molecule has 0 saturated heterocycles. The molecule has 2 aromatic rings. The van der Waals surface area contributed by atoms with Crippen molar-refractivity contribution in [3.05, 3.63) is 70.2 Å². The van der Waals surface area contributed by atoms with Gasteiger partial charge in [0, 0.05) is 18.7 Å². The molecule has 1 nitrogen and oxygen atoms in total. The predicted octanol–water partition coefficient (Wildman–Crippen LogP) is 3.91. The summed E-state index contributed by atoms with van der Waals surface area (Å²) >= 11 is 5.59. The van der Waals surface area contributed by atoms with Gasteiger partial charge in [0.15, 0.2) is 0 Å². The van der Waals surface area contributed by atoms with Crippen molar-refractivity contribution in [1.82, 2.24) is 5.32 Å². The fourth-order valence-corrected chi connectivity index (χ4v) is 1.75. The molecule has 0 fully saturated rings. The van der Waals surface area contributed by atoms with Gasteiger partial charge in [-0.2, -0.15) is 0 Å². The van der Waals surface area contributed by atoms with E-state index in [0.29, 0.717) is 18.7 Å². The molecule has 0 radical (unpaired) electrons. The van der Waals surface area contributed by atoms with E-state index in [0.717, 1.165) is 5.56 Å². The Kier molecular flexibility index (Phi) is 4.28. The van der Waals surface area contributed by atoms with Crippen LogP contribution in [0.25, 0.3) is 0 Å². The van der Waals surface area contributed by atoms with Gasteiger partial charge in [-0.1, -0.05) is 35.9 Å². The molecule has 0 amide bonds. The van der Waals surface area contributed by atoms with Crippen molar-refractivity contribution in [3.8, 4) is 0 Å². The van der Waals surface area contributed by atoms with Crippen molar-refractivity contribution in [3.63, 3.8) is 0 Å². The summed E-state index contributed by atoms with van der Waals surface area (Å²) in [4.78, 5) is 0. The summed E-state index contributed by atoms with van der Waals surface area (Å²) in [5, 5.41) is 3.16. The molecule has 0 aliphatic carbocycles. The highest BCUT2D eigenvalue weighted by Gasteiger charge is 2.02. The molecule has 18 heavy (non-hydrogen) atoms. The summed E-state index contributed by atoms with van der Waals surface area (Å²) in [5.74, 6) is -0.686. The Bertz CT molecular complexity index is 543. The van der Waals surface area contributed by atoms with E-state index in [4.69, 9.17) is 11.6 Å². The normalized spacial score (nSPS) is 10.6. The number of nitrogens with one attached hydrogen (secondary N) is 1. The highest BCUT2D eigenvalue weighted by atomic mass is 35.5. The van der Waals surface area contributed by atoms with E-state index in [1.165, 1.54) is 18.2 Å². The van der Waals surface area contributed by atoms with E-state index >= 15 is 0 Å². The molecule has 0 aromatic heterocycles. The Morgan fingerprint density at radius 3 is 2.44 bits per heavy atom. The Labute approximate surface area is 109 Å². The van der Waals surface area contributed by atoms with E-state index in [9.17, 15) is 8.78 Å². The number of halogens is 3. The van der Waals surface area contributed by atoms with Crippen molar-refractivity contribution in [2.75, 3.05) is 0 Å². The molecule has 0 aliphatic heterocycles. The van der Waals surface area contributed by atoms with Gasteiger partial charge < -0.3 is 5.32 Å². The van der Waals surface area contributed by atoms with Crippen LogP contribution in [-0.2, 0) is 13.1 Å². The molecule has 1 N–H and O–H groups in total. The van der Waals surface area contributed by atoms with Crippen LogP contribution in [-0.4, -0.2) is 0 Å². The monoisotopic (exact) mass is 267 g/mol. The zero-order valence-electron chi connectivity index (χ0n) is 9.59. The fraction of sp³-hybridized carbons (Fsp3) is 0.143. The van der Waals surface area contributed by atoms with Crippen molar-refractivity contribution >= 4 is 11.6 Å². The molecule has 2 aromatic carbocycles. The second kappa shape index (κ2) is 5.94. The maximum atomic E-state index is 13.3. The van der Waals surface area contributed by atoms with Crippen molar-refractivity contribution < 1.29 is 8.78 Å². The first-order valence-electron chi connectivity index (χ1n) is 5.55. The average molecular weight is 268 g/mol. The predicted molar refractivity (Wildman–Crippen MR) is 68.4 cm³/mol. The van der Waals surface area contributed by atoms with Crippen LogP contribution in [0.2, 0.25) is 5.02 Å². The SMILES string of the molecule is Fc1cc(CNCc2ccccc2F)ccc1Cl. The summed E-state index contributed by atoms with van der Waals surface area (Å²) in [6.07, 6.45) is 0. The minimum atomic E-state index is -0.443. The molecular weight excluding hydrogens is 256 g/mol. The summed E-state index contributed by atoms with van der Waals surface area (Å²) in [6, 6.07) is 11.2. The van der Waals surface area contributed by atoms with Crippen molar-refractivity contribution in [2.24, 2.45) is 0 Å². The summed E-state index contributed by atoms with van der Waals surface area (Å²) < 4.78 is 26.5. The van der Waals surface area contributed by atoms with Gasteiger partial charge in [-0.05, 0) is 23.8 Å². The summed E-state index contributed by atoms with van der Waals surface area (Å²) in [6.45, 7) is 0.860. The second-order valence-electron chi connectivity index (χ2n) is 3.94. The molecule has 0 spiro atoms. The lowest BCUT2D eigenvalue weighted by molar-refractivity contribution is 0.585. The van der Waals surface area contributed by atoms with E-state index in [2.05, 4.69) is 5.32 Å². The zero-order valence-corrected chi connectivity index (χ0v) is 10.3. The van der Waals surface area contributed by atoms with E-state index < -0.39 is 5.82 Å². The van der Waals surface area contributed by atoms with Gasteiger partial charge in [0.25, 0.3) is 0 Å². The minimum absolute atomic E-state index is 0.104. The van der Waals surface area contributed by atoms with Gasteiger partial charge in [-0.15, -0.1) is 0 Å². The van der Waals surface area contributed by atoms with Gasteiger partial charge >= 0.3 is 0 Å². The number of rotatable bonds is 4. The van der Waals surface area contributed by atoms with Crippen LogP contribution in [0, 0.1) is 11.6 Å². The zero-order chi connectivity index (χ0) is 13.0. The van der Waals surface area contributed by atoms with Gasteiger partial charge in [0.1, 0.15) is 11.6 Å². The minimum Gasteiger partial charge on any atom is -0.309 e. The van der Waals surface area contributed by atoms with Crippen LogP contribution in [0.15, 0.2) is 42.5 Å². The number of hydrogen-bond donors (Lipinski definition) is 1. The Morgan fingerprint density at radius 1 is 0.944 bits per heavy atom. The fourth-order valence-electron chi connectivity index (χ4n) is 1.63. The Balaban J connectivity index is 1.92. The molecule has 0 atom stereocenters. The molecule has 0 saturated carbocycles. The highest BCUT2D eigenvalue weighted by molar-refractivity contribution is 6.30.